The number of likely N-dealkylation sites (N-methyl/N-ethyl adjacent to an activating group) is 1. The van der Waals surface area contributed by atoms with E-state index in [4.69, 9.17) is 9.97 Å². The molecule has 1 aromatic carbocycles. The van der Waals surface area contributed by atoms with Gasteiger partial charge in [-0.1, -0.05) is 31.9 Å². The lowest BCUT2D eigenvalue weighted by atomic mass is 10.0. The Hall–Kier alpha value is -3.20. The Labute approximate surface area is 213 Å². The van der Waals surface area contributed by atoms with Gasteiger partial charge in [-0.15, -0.1) is 10.2 Å². The van der Waals surface area contributed by atoms with Crippen LogP contribution in [-0.2, 0) is 0 Å². The molecule has 1 saturated heterocycles. The van der Waals surface area contributed by atoms with E-state index < -0.39 is 0 Å². The van der Waals surface area contributed by atoms with Crippen LogP contribution in [0.4, 0.5) is 17.5 Å². The topological polar surface area (TPSA) is 78.2 Å². The third-order valence-corrected chi connectivity index (χ3v) is 8.17. The second kappa shape index (κ2) is 9.69. The van der Waals surface area contributed by atoms with Gasteiger partial charge in [-0.05, 0) is 50.9 Å². The lowest BCUT2D eigenvalue weighted by Gasteiger charge is -2.40. The summed E-state index contributed by atoms with van der Waals surface area (Å²) in [5.74, 6) is 2.66. The van der Waals surface area contributed by atoms with Gasteiger partial charge in [-0.3, -0.25) is 4.57 Å². The maximum absolute atomic E-state index is 5.09. The third kappa shape index (κ3) is 4.19. The second-order valence-electron chi connectivity index (χ2n) is 10.5. The molecule has 2 aromatic heterocycles. The highest BCUT2D eigenvalue weighted by Crippen LogP contribution is 2.42. The fourth-order valence-corrected chi connectivity index (χ4v) is 6.03. The Morgan fingerprint density at radius 3 is 2.53 bits per heavy atom. The first-order chi connectivity index (χ1) is 17.6. The predicted octanol–water partition coefficient (Wildman–Crippen LogP) is 4.20. The molecule has 36 heavy (non-hydrogen) atoms. The lowest BCUT2D eigenvalue weighted by Crippen LogP contribution is -2.44. The first-order valence-electron chi connectivity index (χ1n) is 13.5. The van der Waals surface area contributed by atoms with Crippen LogP contribution in [0.2, 0.25) is 0 Å². The third-order valence-electron chi connectivity index (χ3n) is 8.17. The number of nitrogens with one attached hydrogen (secondary N) is 1. The molecule has 9 nitrogen and oxygen atoms in total. The van der Waals surface area contributed by atoms with Gasteiger partial charge in [0.1, 0.15) is 12.0 Å². The van der Waals surface area contributed by atoms with Gasteiger partial charge in [-0.25, -0.2) is 4.98 Å². The summed E-state index contributed by atoms with van der Waals surface area (Å²) in [7, 11) is 2.19. The molecule has 2 aliphatic heterocycles. The van der Waals surface area contributed by atoms with E-state index in [0.717, 1.165) is 49.9 Å². The average molecular weight is 488 g/mol. The highest BCUT2D eigenvalue weighted by atomic mass is 15.4. The van der Waals surface area contributed by atoms with Crippen LogP contribution in [0.25, 0.3) is 5.69 Å². The molecule has 0 spiro atoms. The van der Waals surface area contributed by atoms with Crippen molar-refractivity contribution in [2.24, 2.45) is 0 Å². The zero-order chi connectivity index (χ0) is 24.6. The van der Waals surface area contributed by atoms with Crippen LogP contribution in [0.1, 0.15) is 69.4 Å². The Morgan fingerprint density at radius 2 is 1.81 bits per heavy atom. The Kier molecular flexibility index (Phi) is 6.25. The van der Waals surface area contributed by atoms with Crippen LogP contribution in [0, 0.1) is 0 Å². The number of rotatable bonds is 6. The zero-order valence-corrected chi connectivity index (χ0v) is 21.6. The van der Waals surface area contributed by atoms with Crippen molar-refractivity contribution in [3.63, 3.8) is 0 Å². The molecular weight excluding hydrogens is 450 g/mol. The molecule has 1 N–H and O–H groups in total. The van der Waals surface area contributed by atoms with Crippen LogP contribution in [0.15, 0.2) is 36.8 Å². The van der Waals surface area contributed by atoms with Crippen molar-refractivity contribution in [3.05, 3.63) is 48.2 Å². The minimum absolute atomic E-state index is 0.0977. The first kappa shape index (κ1) is 23.2. The van der Waals surface area contributed by atoms with E-state index in [1.165, 1.54) is 36.9 Å². The second-order valence-corrected chi connectivity index (χ2v) is 10.5. The number of hydrogen-bond donors (Lipinski definition) is 1. The number of aromatic nitrogens is 5. The molecule has 1 saturated carbocycles. The highest BCUT2D eigenvalue weighted by molar-refractivity contribution is 5.63. The number of hydrogen-bond acceptors (Lipinski definition) is 8. The molecule has 3 aromatic rings. The van der Waals surface area contributed by atoms with E-state index >= 15 is 0 Å². The molecule has 9 heteroatoms. The average Bonchev–Trinajstić information content (AvgIpc) is 3.61. The van der Waals surface area contributed by atoms with E-state index in [-0.39, 0.29) is 12.1 Å². The Morgan fingerprint density at radius 1 is 1.06 bits per heavy atom. The lowest BCUT2D eigenvalue weighted by molar-refractivity contribution is 0.313. The smallest absolute Gasteiger partial charge is 0.225 e. The first-order valence-corrected chi connectivity index (χ1v) is 13.5. The number of benzene rings is 1. The summed E-state index contributed by atoms with van der Waals surface area (Å²) in [6.45, 7) is 8.79. The summed E-state index contributed by atoms with van der Waals surface area (Å²) < 4.78 is 2.07. The Bertz CT molecular complexity index is 1180. The van der Waals surface area contributed by atoms with Crippen molar-refractivity contribution in [2.75, 3.05) is 48.3 Å². The molecule has 0 unspecified atom stereocenters. The summed E-state index contributed by atoms with van der Waals surface area (Å²) in [5.41, 5.74) is 3.50. The summed E-state index contributed by atoms with van der Waals surface area (Å²) in [5, 5.41) is 12.3. The van der Waals surface area contributed by atoms with Gasteiger partial charge in [0.05, 0.1) is 18.3 Å². The normalized spacial score (nSPS) is 21.4. The standard InChI is InChI=1S/C27H37N9/c1-4-23-26-32-29-18-35(26)24-17-28-27(31-25(24)36(23)22-7-5-6-8-22)30-19(2)20-9-11-21(12-10-20)34-15-13-33(3)14-16-34/h9-12,17-19,22-23H,4-8,13-16H2,1-3H3,(H,28,30,31)/t19-,23+/m0/s1. The van der Waals surface area contributed by atoms with Crippen molar-refractivity contribution in [2.45, 2.75) is 64.1 Å². The van der Waals surface area contributed by atoms with E-state index in [1.807, 2.05) is 6.20 Å². The molecule has 190 valence electrons. The van der Waals surface area contributed by atoms with Crippen LogP contribution in [-0.4, -0.2) is 68.9 Å². The van der Waals surface area contributed by atoms with Crippen LogP contribution in [0.5, 0.6) is 0 Å². The van der Waals surface area contributed by atoms with Gasteiger partial charge in [0, 0.05) is 37.9 Å². The maximum Gasteiger partial charge on any atom is 0.225 e. The van der Waals surface area contributed by atoms with E-state index in [0.29, 0.717) is 12.0 Å². The van der Waals surface area contributed by atoms with Crippen molar-refractivity contribution in [3.8, 4) is 5.69 Å². The minimum atomic E-state index is 0.0977. The number of piperazine rings is 1. The maximum atomic E-state index is 5.09. The van der Waals surface area contributed by atoms with E-state index in [9.17, 15) is 0 Å². The number of nitrogens with zero attached hydrogens (tertiary/aromatic N) is 8. The highest BCUT2D eigenvalue weighted by Gasteiger charge is 2.38. The fourth-order valence-electron chi connectivity index (χ4n) is 6.03. The van der Waals surface area contributed by atoms with Crippen LogP contribution < -0.4 is 15.1 Å². The van der Waals surface area contributed by atoms with Crippen molar-refractivity contribution in [1.82, 2.24) is 29.6 Å². The molecule has 1 aliphatic carbocycles. The van der Waals surface area contributed by atoms with Gasteiger partial charge in [0.15, 0.2) is 11.6 Å². The van der Waals surface area contributed by atoms with Gasteiger partial charge in [0.2, 0.25) is 5.95 Å². The number of anilines is 3. The zero-order valence-electron chi connectivity index (χ0n) is 21.6. The monoisotopic (exact) mass is 487 g/mol. The molecule has 4 heterocycles. The summed E-state index contributed by atoms with van der Waals surface area (Å²) in [6.07, 6.45) is 9.64. The largest absolute Gasteiger partial charge is 0.369 e. The summed E-state index contributed by atoms with van der Waals surface area (Å²) in [4.78, 5) is 17.2. The SMILES string of the molecule is CC[C@@H]1c2nncn2-c2cnc(N[C@@H](C)c3ccc(N4CCN(C)CC4)cc3)nc2N1C1CCCC1. The minimum Gasteiger partial charge on any atom is -0.369 e. The van der Waals surface area contributed by atoms with Crippen LogP contribution in [0.3, 0.4) is 0 Å². The van der Waals surface area contributed by atoms with Gasteiger partial charge in [-0.2, -0.15) is 4.98 Å². The fraction of sp³-hybridized carbons (Fsp3) is 0.556. The van der Waals surface area contributed by atoms with Crippen molar-refractivity contribution in [1.29, 1.82) is 0 Å². The molecule has 0 amide bonds. The summed E-state index contributed by atoms with van der Waals surface area (Å²) in [6, 6.07) is 9.71. The Balaban J connectivity index is 1.24. The molecule has 2 fully saturated rings. The summed E-state index contributed by atoms with van der Waals surface area (Å²) >= 11 is 0. The molecular formula is C27H37N9. The molecule has 0 radical (unpaired) electrons. The van der Waals surface area contributed by atoms with Gasteiger partial charge < -0.3 is 20.0 Å². The van der Waals surface area contributed by atoms with Crippen molar-refractivity contribution >= 4 is 17.5 Å². The van der Waals surface area contributed by atoms with Gasteiger partial charge >= 0.3 is 0 Å². The van der Waals surface area contributed by atoms with E-state index in [1.54, 1.807) is 6.33 Å². The molecule has 6 rings (SSSR count). The molecule has 0 bridgehead atoms. The van der Waals surface area contributed by atoms with Crippen LogP contribution >= 0.6 is 0 Å². The van der Waals surface area contributed by atoms with E-state index in [2.05, 4.69) is 79.9 Å². The molecule has 3 aliphatic rings. The predicted molar refractivity (Wildman–Crippen MR) is 143 cm³/mol. The van der Waals surface area contributed by atoms with Crippen molar-refractivity contribution < 1.29 is 0 Å². The van der Waals surface area contributed by atoms with Gasteiger partial charge in [0.25, 0.3) is 0 Å². The number of fused-ring (bicyclic) bond motifs is 3. The quantitative estimate of drug-likeness (QED) is 0.554. The molecule has 2 atom stereocenters.